The molecule has 1 aromatic carbocycles. The van der Waals surface area contributed by atoms with Crippen molar-refractivity contribution < 1.29 is 0 Å². The summed E-state index contributed by atoms with van der Waals surface area (Å²) in [5.41, 5.74) is 1.54. The Kier molecular flexibility index (Phi) is 5.69. The normalized spacial score (nSPS) is 11.2. The summed E-state index contributed by atoms with van der Waals surface area (Å²) in [6.07, 6.45) is 6.43. The Balaban J connectivity index is 1.70. The Morgan fingerprint density at radius 2 is 1.94 bits per heavy atom. The second kappa shape index (κ2) is 7.55. The molecule has 2 rings (SSSR count). The molecule has 2 heteroatoms. The van der Waals surface area contributed by atoms with Crippen LogP contribution in [-0.4, -0.2) is 13.1 Å². The van der Waals surface area contributed by atoms with Crippen molar-refractivity contribution in [2.24, 2.45) is 0 Å². The van der Waals surface area contributed by atoms with Gasteiger partial charge >= 0.3 is 0 Å². The van der Waals surface area contributed by atoms with Crippen molar-refractivity contribution in [1.29, 1.82) is 0 Å². The molecule has 0 amide bonds. The van der Waals surface area contributed by atoms with Gasteiger partial charge in [-0.05, 0) is 61.2 Å². The highest BCUT2D eigenvalue weighted by molar-refractivity contribution is 7.17. The van der Waals surface area contributed by atoms with Crippen LogP contribution in [0, 0.1) is 0 Å². The maximum Gasteiger partial charge on any atom is 0.0345 e. The number of aryl methyl sites for hydroxylation is 1. The van der Waals surface area contributed by atoms with Gasteiger partial charge in [-0.25, -0.2) is 0 Å². The monoisotopic (exact) mass is 261 g/mol. The average Bonchev–Trinajstić information content (AvgIpc) is 2.81. The number of nitrogens with one attached hydrogen (secondary N) is 1. The first kappa shape index (κ1) is 13.6. The van der Waals surface area contributed by atoms with Gasteiger partial charge in [0.1, 0.15) is 0 Å². The molecule has 0 saturated heterocycles. The van der Waals surface area contributed by atoms with Crippen LogP contribution in [0.5, 0.6) is 0 Å². The number of thiophene rings is 1. The quantitative estimate of drug-likeness (QED) is 0.684. The lowest BCUT2D eigenvalue weighted by Crippen LogP contribution is -2.15. The van der Waals surface area contributed by atoms with Gasteiger partial charge < -0.3 is 5.32 Å². The summed E-state index contributed by atoms with van der Waals surface area (Å²) in [5, 5.41) is 7.26. The minimum absolute atomic E-state index is 1.16. The molecule has 0 bridgehead atoms. The van der Waals surface area contributed by atoms with E-state index in [0.717, 1.165) is 6.54 Å². The van der Waals surface area contributed by atoms with Crippen LogP contribution in [0.4, 0.5) is 0 Å². The third-order valence-corrected chi connectivity index (χ3v) is 4.30. The van der Waals surface area contributed by atoms with Gasteiger partial charge in [-0.1, -0.05) is 31.5 Å². The Morgan fingerprint density at radius 3 is 2.83 bits per heavy atom. The Bertz CT molecular complexity index is 461. The lowest BCUT2D eigenvalue weighted by atomic mass is 10.1. The van der Waals surface area contributed by atoms with Crippen LogP contribution >= 0.6 is 11.3 Å². The van der Waals surface area contributed by atoms with Crippen molar-refractivity contribution in [2.75, 3.05) is 13.1 Å². The summed E-state index contributed by atoms with van der Waals surface area (Å²) in [4.78, 5) is 0. The van der Waals surface area contributed by atoms with Crippen LogP contribution in [0.15, 0.2) is 29.6 Å². The molecule has 0 fully saturated rings. The Morgan fingerprint density at radius 1 is 1.06 bits per heavy atom. The van der Waals surface area contributed by atoms with E-state index in [9.17, 15) is 0 Å². The summed E-state index contributed by atoms with van der Waals surface area (Å²) >= 11 is 1.88. The van der Waals surface area contributed by atoms with E-state index in [4.69, 9.17) is 0 Å². The van der Waals surface area contributed by atoms with Crippen LogP contribution in [0.1, 0.15) is 38.2 Å². The first-order valence-corrected chi connectivity index (χ1v) is 7.95. The number of hydrogen-bond acceptors (Lipinski definition) is 2. The van der Waals surface area contributed by atoms with Gasteiger partial charge in [0.25, 0.3) is 0 Å². The zero-order chi connectivity index (χ0) is 12.6. The molecular weight excluding hydrogens is 238 g/mol. The van der Waals surface area contributed by atoms with E-state index in [1.54, 1.807) is 0 Å². The molecule has 0 spiro atoms. The SMILES string of the molecule is CCCNCCCCCc1csc2ccccc12. The van der Waals surface area contributed by atoms with E-state index in [1.807, 2.05) is 11.3 Å². The van der Waals surface area contributed by atoms with Gasteiger partial charge in [-0.15, -0.1) is 11.3 Å². The van der Waals surface area contributed by atoms with E-state index < -0.39 is 0 Å². The van der Waals surface area contributed by atoms with Gasteiger partial charge in [0.05, 0.1) is 0 Å². The molecule has 0 aliphatic heterocycles. The largest absolute Gasteiger partial charge is 0.317 e. The molecule has 1 heterocycles. The summed E-state index contributed by atoms with van der Waals surface area (Å²) in [6, 6.07) is 8.75. The fourth-order valence-electron chi connectivity index (χ4n) is 2.27. The van der Waals surface area contributed by atoms with E-state index in [1.165, 1.54) is 54.3 Å². The Hall–Kier alpha value is -0.860. The highest BCUT2D eigenvalue weighted by atomic mass is 32.1. The number of fused-ring (bicyclic) bond motifs is 1. The number of unbranched alkanes of at least 4 members (excludes halogenated alkanes) is 2. The topological polar surface area (TPSA) is 12.0 Å². The summed E-state index contributed by atoms with van der Waals surface area (Å²) < 4.78 is 1.43. The van der Waals surface area contributed by atoms with E-state index in [2.05, 4.69) is 41.9 Å². The zero-order valence-electron chi connectivity index (χ0n) is 11.2. The number of rotatable bonds is 8. The van der Waals surface area contributed by atoms with Crippen LogP contribution < -0.4 is 5.32 Å². The first-order chi connectivity index (χ1) is 8.92. The fourth-order valence-corrected chi connectivity index (χ4v) is 3.27. The lowest BCUT2D eigenvalue weighted by Gasteiger charge is -2.03. The van der Waals surface area contributed by atoms with Gasteiger partial charge in [-0.3, -0.25) is 0 Å². The second-order valence-corrected chi connectivity index (χ2v) is 5.73. The van der Waals surface area contributed by atoms with Gasteiger partial charge in [0.2, 0.25) is 0 Å². The second-order valence-electron chi connectivity index (χ2n) is 4.82. The minimum Gasteiger partial charge on any atom is -0.317 e. The molecule has 0 unspecified atom stereocenters. The number of benzene rings is 1. The van der Waals surface area contributed by atoms with Crippen LogP contribution in [0.25, 0.3) is 10.1 Å². The molecule has 0 atom stereocenters. The maximum absolute atomic E-state index is 3.46. The van der Waals surface area contributed by atoms with E-state index in [0.29, 0.717) is 0 Å². The van der Waals surface area contributed by atoms with Crippen molar-refractivity contribution in [3.8, 4) is 0 Å². The van der Waals surface area contributed by atoms with E-state index >= 15 is 0 Å². The molecule has 0 aliphatic carbocycles. The van der Waals surface area contributed by atoms with Gasteiger partial charge in [0, 0.05) is 4.70 Å². The molecular formula is C16H23NS. The Labute approximate surface area is 114 Å². The highest BCUT2D eigenvalue weighted by Gasteiger charge is 2.02. The molecule has 0 aliphatic rings. The highest BCUT2D eigenvalue weighted by Crippen LogP contribution is 2.26. The van der Waals surface area contributed by atoms with Crippen molar-refractivity contribution in [3.63, 3.8) is 0 Å². The van der Waals surface area contributed by atoms with Crippen molar-refractivity contribution in [3.05, 3.63) is 35.2 Å². The molecule has 1 N–H and O–H groups in total. The number of hydrogen-bond donors (Lipinski definition) is 1. The molecule has 98 valence electrons. The molecule has 18 heavy (non-hydrogen) atoms. The standard InChI is InChI=1S/C16H23NS/c1-2-11-17-12-7-3-4-8-14-13-18-16-10-6-5-9-15(14)16/h5-6,9-10,13,17H,2-4,7-8,11-12H2,1H3. The zero-order valence-corrected chi connectivity index (χ0v) is 12.1. The lowest BCUT2D eigenvalue weighted by molar-refractivity contribution is 0.599. The first-order valence-electron chi connectivity index (χ1n) is 7.07. The third-order valence-electron chi connectivity index (χ3n) is 3.29. The minimum atomic E-state index is 1.16. The van der Waals surface area contributed by atoms with Gasteiger partial charge in [-0.2, -0.15) is 0 Å². The average molecular weight is 261 g/mol. The van der Waals surface area contributed by atoms with Crippen molar-refractivity contribution >= 4 is 21.4 Å². The van der Waals surface area contributed by atoms with Crippen molar-refractivity contribution in [2.45, 2.75) is 39.0 Å². The van der Waals surface area contributed by atoms with Crippen molar-refractivity contribution in [1.82, 2.24) is 5.32 Å². The predicted molar refractivity (Wildman–Crippen MR) is 82.5 cm³/mol. The summed E-state index contributed by atoms with van der Waals surface area (Å²) in [5.74, 6) is 0. The predicted octanol–water partition coefficient (Wildman–Crippen LogP) is 4.61. The molecule has 0 radical (unpaired) electrons. The van der Waals surface area contributed by atoms with Crippen LogP contribution in [0.3, 0.4) is 0 Å². The van der Waals surface area contributed by atoms with E-state index in [-0.39, 0.29) is 0 Å². The van der Waals surface area contributed by atoms with Crippen LogP contribution in [0.2, 0.25) is 0 Å². The van der Waals surface area contributed by atoms with Gasteiger partial charge in [0.15, 0.2) is 0 Å². The fraction of sp³-hybridized carbons (Fsp3) is 0.500. The molecule has 2 aromatic rings. The summed E-state index contributed by atoms with van der Waals surface area (Å²) in [7, 11) is 0. The van der Waals surface area contributed by atoms with Crippen LogP contribution in [-0.2, 0) is 6.42 Å². The summed E-state index contributed by atoms with van der Waals surface area (Å²) in [6.45, 7) is 4.56. The third kappa shape index (κ3) is 3.82. The molecule has 1 aromatic heterocycles. The smallest absolute Gasteiger partial charge is 0.0345 e. The maximum atomic E-state index is 3.46. The molecule has 0 saturated carbocycles. The molecule has 1 nitrogen and oxygen atoms in total.